The van der Waals surface area contributed by atoms with Crippen molar-refractivity contribution in [1.82, 2.24) is 0 Å². The topological polar surface area (TPSA) is 44.5 Å². The van der Waals surface area contributed by atoms with Gasteiger partial charge in [0.25, 0.3) is 0 Å². The van der Waals surface area contributed by atoms with Crippen molar-refractivity contribution in [2.75, 3.05) is 13.7 Å². The first-order valence-electron chi connectivity index (χ1n) is 6.72. The summed E-state index contributed by atoms with van der Waals surface area (Å²) in [5.74, 6) is 0.879. The van der Waals surface area contributed by atoms with E-state index >= 15 is 0 Å². The lowest BCUT2D eigenvalue weighted by Gasteiger charge is -2.26. The number of aryl methyl sites for hydroxylation is 1. The summed E-state index contributed by atoms with van der Waals surface area (Å²) in [5, 5.41) is 0. The quantitative estimate of drug-likeness (QED) is 0.892. The Kier molecular flexibility index (Phi) is 4.61. The molecule has 1 heterocycles. The Labute approximate surface area is 109 Å². The van der Waals surface area contributed by atoms with Gasteiger partial charge in [0.1, 0.15) is 5.75 Å². The largest absolute Gasteiger partial charge is 0.496 e. The number of rotatable bonds is 4. The van der Waals surface area contributed by atoms with E-state index in [-0.39, 0.29) is 6.04 Å². The van der Waals surface area contributed by atoms with Gasteiger partial charge in [-0.25, -0.2) is 0 Å². The molecule has 18 heavy (non-hydrogen) atoms. The highest BCUT2D eigenvalue weighted by atomic mass is 16.5. The number of hydrogen-bond acceptors (Lipinski definition) is 3. The molecule has 1 aliphatic heterocycles. The zero-order chi connectivity index (χ0) is 13.0. The van der Waals surface area contributed by atoms with Gasteiger partial charge in [-0.15, -0.1) is 0 Å². The smallest absolute Gasteiger partial charge is 0.123 e. The molecule has 0 amide bonds. The first kappa shape index (κ1) is 13.4. The van der Waals surface area contributed by atoms with Gasteiger partial charge < -0.3 is 15.2 Å². The summed E-state index contributed by atoms with van der Waals surface area (Å²) in [4.78, 5) is 0. The normalized spacial score (nSPS) is 21.6. The van der Waals surface area contributed by atoms with E-state index in [0.717, 1.165) is 30.8 Å². The van der Waals surface area contributed by atoms with Crippen LogP contribution in [0.4, 0.5) is 0 Å². The predicted molar refractivity (Wildman–Crippen MR) is 72.9 cm³/mol. The zero-order valence-corrected chi connectivity index (χ0v) is 11.3. The maximum Gasteiger partial charge on any atom is 0.123 e. The van der Waals surface area contributed by atoms with Crippen LogP contribution >= 0.6 is 0 Å². The van der Waals surface area contributed by atoms with Gasteiger partial charge in [-0.05, 0) is 38.7 Å². The molecule has 3 heteroatoms. The summed E-state index contributed by atoms with van der Waals surface area (Å²) >= 11 is 0. The van der Waals surface area contributed by atoms with Crippen LogP contribution in [0.5, 0.6) is 5.75 Å². The molecule has 1 aromatic carbocycles. The van der Waals surface area contributed by atoms with Gasteiger partial charge in [0.05, 0.1) is 13.2 Å². The van der Waals surface area contributed by atoms with Crippen LogP contribution in [0.1, 0.15) is 42.9 Å². The van der Waals surface area contributed by atoms with Crippen LogP contribution in [0.3, 0.4) is 0 Å². The van der Waals surface area contributed by atoms with Crippen molar-refractivity contribution in [1.29, 1.82) is 0 Å². The average Bonchev–Trinajstić information content (AvgIpc) is 2.40. The van der Waals surface area contributed by atoms with Gasteiger partial charge in [-0.3, -0.25) is 0 Å². The third-order valence-electron chi connectivity index (χ3n) is 3.58. The van der Waals surface area contributed by atoms with Crippen molar-refractivity contribution in [2.45, 2.75) is 44.8 Å². The maximum atomic E-state index is 6.31. The summed E-state index contributed by atoms with van der Waals surface area (Å²) in [7, 11) is 1.69. The second-order valence-electron chi connectivity index (χ2n) is 5.08. The van der Waals surface area contributed by atoms with Crippen LogP contribution < -0.4 is 10.5 Å². The minimum Gasteiger partial charge on any atom is -0.496 e. The van der Waals surface area contributed by atoms with Gasteiger partial charge in [-0.2, -0.15) is 0 Å². The molecule has 0 aliphatic carbocycles. The maximum absolute atomic E-state index is 6.31. The van der Waals surface area contributed by atoms with E-state index in [1.54, 1.807) is 7.11 Å². The molecule has 2 unspecified atom stereocenters. The molecule has 2 rings (SSSR count). The van der Waals surface area contributed by atoms with Crippen LogP contribution in [0.2, 0.25) is 0 Å². The Hall–Kier alpha value is -1.06. The van der Waals surface area contributed by atoms with Crippen LogP contribution in [-0.2, 0) is 4.74 Å². The number of benzene rings is 1. The van der Waals surface area contributed by atoms with E-state index < -0.39 is 0 Å². The summed E-state index contributed by atoms with van der Waals surface area (Å²) in [5.41, 5.74) is 8.61. The second-order valence-corrected chi connectivity index (χ2v) is 5.08. The van der Waals surface area contributed by atoms with Crippen LogP contribution in [0.15, 0.2) is 18.2 Å². The van der Waals surface area contributed by atoms with E-state index in [1.165, 1.54) is 18.4 Å². The molecule has 0 saturated carbocycles. The third kappa shape index (κ3) is 3.24. The summed E-state index contributed by atoms with van der Waals surface area (Å²) < 4.78 is 11.1. The molecule has 2 N–H and O–H groups in total. The van der Waals surface area contributed by atoms with E-state index in [1.807, 2.05) is 12.1 Å². The average molecular weight is 249 g/mol. The molecule has 1 aliphatic rings. The molecule has 1 saturated heterocycles. The van der Waals surface area contributed by atoms with Gasteiger partial charge in [-0.1, -0.05) is 17.7 Å². The summed E-state index contributed by atoms with van der Waals surface area (Å²) in [6, 6.07) is 6.15. The van der Waals surface area contributed by atoms with Crippen LogP contribution in [0.25, 0.3) is 0 Å². The van der Waals surface area contributed by atoms with Crippen molar-refractivity contribution < 1.29 is 9.47 Å². The molecule has 1 aromatic rings. The molecule has 100 valence electrons. The Morgan fingerprint density at radius 2 is 2.28 bits per heavy atom. The standard InChI is InChI=1S/C15H23NO2/c1-11-6-7-15(17-2)13(9-11)14(16)10-12-5-3-4-8-18-12/h6-7,9,12,14H,3-5,8,10,16H2,1-2H3. The lowest BCUT2D eigenvalue weighted by atomic mass is 9.95. The van der Waals surface area contributed by atoms with Crippen LogP contribution in [-0.4, -0.2) is 19.8 Å². The Bertz CT molecular complexity index is 386. The third-order valence-corrected chi connectivity index (χ3v) is 3.58. The van der Waals surface area contributed by atoms with Gasteiger partial charge >= 0.3 is 0 Å². The first-order valence-corrected chi connectivity index (χ1v) is 6.72. The molecule has 0 radical (unpaired) electrons. The highest BCUT2D eigenvalue weighted by Crippen LogP contribution is 2.29. The van der Waals surface area contributed by atoms with E-state index in [2.05, 4.69) is 13.0 Å². The fraction of sp³-hybridized carbons (Fsp3) is 0.600. The van der Waals surface area contributed by atoms with Gasteiger partial charge in [0.2, 0.25) is 0 Å². The van der Waals surface area contributed by atoms with Crippen molar-refractivity contribution in [2.24, 2.45) is 5.73 Å². The molecular formula is C15H23NO2. The lowest BCUT2D eigenvalue weighted by Crippen LogP contribution is -2.25. The molecule has 0 bridgehead atoms. The van der Waals surface area contributed by atoms with Crippen molar-refractivity contribution >= 4 is 0 Å². The van der Waals surface area contributed by atoms with Crippen LogP contribution in [0, 0.1) is 6.92 Å². The molecule has 2 atom stereocenters. The molecule has 0 aromatic heterocycles. The lowest BCUT2D eigenvalue weighted by molar-refractivity contribution is 0.00719. The zero-order valence-electron chi connectivity index (χ0n) is 11.3. The first-order chi connectivity index (χ1) is 8.70. The minimum absolute atomic E-state index is 0.0112. The minimum atomic E-state index is -0.0112. The van der Waals surface area contributed by atoms with E-state index in [4.69, 9.17) is 15.2 Å². The predicted octanol–water partition coefficient (Wildman–Crippen LogP) is 2.96. The Morgan fingerprint density at radius 3 is 2.94 bits per heavy atom. The monoisotopic (exact) mass is 249 g/mol. The molecular weight excluding hydrogens is 226 g/mol. The Morgan fingerprint density at radius 1 is 1.44 bits per heavy atom. The number of ether oxygens (including phenoxy) is 2. The van der Waals surface area contributed by atoms with E-state index in [9.17, 15) is 0 Å². The van der Waals surface area contributed by atoms with E-state index in [0.29, 0.717) is 6.10 Å². The number of nitrogens with two attached hydrogens (primary N) is 1. The molecule has 0 spiro atoms. The second kappa shape index (κ2) is 6.21. The van der Waals surface area contributed by atoms with Crippen molar-refractivity contribution in [3.8, 4) is 5.75 Å². The summed E-state index contributed by atoms with van der Waals surface area (Å²) in [6.07, 6.45) is 4.74. The fourth-order valence-corrected chi connectivity index (χ4v) is 2.55. The molecule has 3 nitrogen and oxygen atoms in total. The highest BCUT2D eigenvalue weighted by molar-refractivity contribution is 5.39. The van der Waals surface area contributed by atoms with Gasteiger partial charge in [0.15, 0.2) is 0 Å². The summed E-state index contributed by atoms with van der Waals surface area (Å²) in [6.45, 7) is 2.95. The SMILES string of the molecule is COc1ccc(C)cc1C(N)CC1CCCCO1. The molecule has 1 fully saturated rings. The fourth-order valence-electron chi connectivity index (χ4n) is 2.55. The number of methoxy groups -OCH3 is 1. The van der Waals surface area contributed by atoms with Crippen molar-refractivity contribution in [3.63, 3.8) is 0 Å². The Balaban J connectivity index is 2.07. The highest BCUT2D eigenvalue weighted by Gasteiger charge is 2.20. The van der Waals surface area contributed by atoms with Crippen molar-refractivity contribution in [3.05, 3.63) is 29.3 Å². The van der Waals surface area contributed by atoms with Gasteiger partial charge in [0, 0.05) is 18.2 Å². The number of hydrogen-bond donors (Lipinski definition) is 1.